The van der Waals surface area contributed by atoms with Crippen LogP contribution in [0.2, 0.25) is 0 Å². The highest BCUT2D eigenvalue weighted by atomic mass is 79.9. The van der Waals surface area contributed by atoms with Gasteiger partial charge >= 0.3 is 0 Å². The molecule has 1 aromatic rings. The van der Waals surface area contributed by atoms with Gasteiger partial charge in [-0.1, -0.05) is 22.9 Å². The first-order valence-electron chi connectivity index (χ1n) is 7.14. The average molecular weight is 377 g/mol. The first kappa shape index (κ1) is 16.7. The predicted molar refractivity (Wildman–Crippen MR) is 87.1 cm³/mol. The minimum atomic E-state index is -3.25. The molecule has 0 aromatic heterocycles. The Morgan fingerprint density at radius 3 is 2.95 bits per heavy atom. The molecule has 2 rings (SSSR count). The monoisotopic (exact) mass is 376 g/mol. The number of fused-ring (bicyclic) bond motifs is 1. The summed E-state index contributed by atoms with van der Waals surface area (Å²) in [5, 5.41) is 3.12. The lowest BCUT2D eigenvalue weighted by molar-refractivity contribution is 0.353. The van der Waals surface area contributed by atoms with Crippen molar-refractivity contribution in [2.75, 3.05) is 25.4 Å². The van der Waals surface area contributed by atoms with E-state index in [1.807, 2.05) is 19.1 Å². The summed E-state index contributed by atoms with van der Waals surface area (Å²) in [5.74, 6) is 0.963. The van der Waals surface area contributed by atoms with Crippen molar-refractivity contribution in [2.24, 2.45) is 0 Å². The molecule has 21 heavy (non-hydrogen) atoms. The highest BCUT2D eigenvalue weighted by Crippen LogP contribution is 2.32. The van der Waals surface area contributed by atoms with Crippen molar-refractivity contribution in [1.29, 1.82) is 0 Å². The average Bonchev–Trinajstić information content (AvgIpc) is 2.89. The zero-order chi connectivity index (χ0) is 15.3. The fraction of sp³-hybridized carbons (Fsp3) is 0.571. The van der Waals surface area contributed by atoms with E-state index in [4.69, 9.17) is 4.74 Å². The molecule has 0 saturated carbocycles. The fourth-order valence-corrected chi connectivity index (χ4v) is 3.90. The van der Waals surface area contributed by atoms with Crippen molar-refractivity contribution in [3.63, 3.8) is 0 Å². The summed E-state index contributed by atoms with van der Waals surface area (Å²) in [6, 6.07) is 3.93. The number of ether oxygens (including phenoxy) is 1. The Morgan fingerprint density at radius 2 is 2.19 bits per heavy atom. The van der Waals surface area contributed by atoms with Crippen LogP contribution in [0.25, 0.3) is 0 Å². The van der Waals surface area contributed by atoms with Crippen LogP contribution in [0.4, 0.5) is 0 Å². The number of hydrogen-bond acceptors (Lipinski definition) is 4. The fourth-order valence-electron chi connectivity index (χ4n) is 2.30. The van der Waals surface area contributed by atoms with Gasteiger partial charge in [-0.05, 0) is 37.2 Å². The van der Waals surface area contributed by atoms with Crippen LogP contribution in [0.5, 0.6) is 5.75 Å². The summed E-state index contributed by atoms with van der Waals surface area (Å²) < 4.78 is 33.1. The highest BCUT2D eigenvalue weighted by molar-refractivity contribution is 9.10. The Balaban J connectivity index is 1.94. The van der Waals surface area contributed by atoms with Gasteiger partial charge in [0.05, 0.1) is 12.4 Å². The molecule has 0 saturated heterocycles. The topological polar surface area (TPSA) is 67.4 Å². The maximum atomic E-state index is 12.0. The highest BCUT2D eigenvalue weighted by Gasteiger charge is 2.19. The molecular weight excluding hydrogens is 356 g/mol. The smallest absolute Gasteiger partial charge is 0.211 e. The van der Waals surface area contributed by atoms with Gasteiger partial charge < -0.3 is 10.1 Å². The van der Waals surface area contributed by atoms with Crippen molar-refractivity contribution in [1.82, 2.24) is 10.0 Å². The SMILES string of the molecule is CCNCCCS(=O)(=O)NCc1cc(Br)cc2c1OCC2. The van der Waals surface area contributed by atoms with Crippen LogP contribution in [-0.2, 0) is 23.0 Å². The lowest BCUT2D eigenvalue weighted by Gasteiger charge is -2.11. The van der Waals surface area contributed by atoms with E-state index in [1.54, 1.807) is 0 Å². The van der Waals surface area contributed by atoms with Crippen LogP contribution in [0.1, 0.15) is 24.5 Å². The second-order valence-corrected chi connectivity index (χ2v) is 7.84. The zero-order valence-corrected chi connectivity index (χ0v) is 14.5. The third-order valence-electron chi connectivity index (χ3n) is 3.32. The van der Waals surface area contributed by atoms with Crippen molar-refractivity contribution in [3.05, 3.63) is 27.7 Å². The molecule has 0 radical (unpaired) electrons. The summed E-state index contributed by atoms with van der Waals surface area (Å²) in [6.45, 7) is 4.50. The van der Waals surface area contributed by atoms with E-state index in [-0.39, 0.29) is 12.3 Å². The third kappa shape index (κ3) is 4.95. The number of nitrogens with one attached hydrogen (secondary N) is 2. The van der Waals surface area contributed by atoms with E-state index in [1.165, 1.54) is 0 Å². The van der Waals surface area contributed by atoms with Crippen LogP contribution in [0, 0.1) is 0 Å². The molecule has 0 fully saturated rings. The van der Waals surface area contributed by atoms with Gasteiger partial charge in [0, 0.05) is 23.0 Å². The van der Waals surface area contributed by atoms with E-state index in [9.17, 15) is 8.42 Å². The van der Waals surface area contributed by atoms with Gasteiger partial charge in [0.25, 0.3) is 0 Å². The van der Waals surface area contributed by atoms with Gasteiger partial charge in [-0.15, -0.1) is 0 Å². The molecule has 0 spiro atoms. The van der Waals surface area contributed by atoms with Crippen LogP contribution in [0.15, 0.2) is 16.6 Å². The van der Waals surface area contributed by atoms with Gasteiger partial charge in [0.1, 0.15) is 5.75 Å². The Bertz CT molecular complexity index is 590. The zero-order valence-electron chi connectivity index (χ0n) is 12.1. The molecule has 5 nitrogen and oxygen atoms in total. The predicted octanol–water partition coefficient (Wildman–Crippen LogP) is 1.80. The van der Waals surface area contributed by atoms with Crippen molar-refractivity contribution >= 4 is 26.0 Å². The van der Waals surface area contributed by atoms with E-state index in [2.05, 4.69) is 26.0 Å². The minimum Gasteiger partial charge on any atom is -0.493 e. The molecule has 0 amide bonds. The number of halogens is 1. The molecule has 0 aliphatic carbocycles. The number of rotatable bonds is 8. The Morgan fingerprint density at radius 1 is 1.38 bits per heavy atom. The number of hydrogen-bond donors (Lipinski definition) is 2. The number of sulfonamides is 1. The molecule has 118 valence electrons. The maximum absolute atomic E-state index is 12.0. The molecule has 2 N–H and O–H groups in total. The van der Waals surface area contributed by atoms with Gasteiger partial charge in [-0.3, -0.25) is 0 Å². The van der Waals surface area contributed by atoms with Gasteiger partial charge in [0.2, 0.25) is 10.0 Å². The van der Waals surface area contributed by atoms with Crippen LogP contribution in [-0.4, -0.2) is 33.9 Å². The number of benzene rings is 1. The molecule has 0 bridgehead atoms. The maximum Gasteiger partial charge on any atom is 0.211 e. The van der Waals surface area contributed by atoms with E-state index < -0.39 is 10.0 Å². The van der Waals surface area contributed by atoms with Crippen LogP contribution < -0.4 is 14.8 Å². The van der Waals surface area contributed by atoms with Gasteiger partial charge in [-0.25, -0.2) is 13.1 Å². The summed E-state index contributed by atoms with van der Waals surface area (Å²) >= 11 is 3.45. The first-order chi connectivity index (χ1) is 10.0. The Kier molecular flexibility index (Phi) is 6.04. The Hall–Kier alpha value is -0.630. The lowest BCUT2D eigenvalue weighted by atomic mass is 10.1. The van der Waals surface area contributed by atoms with Gasteiger partial charge in [0.15, 0.2) is 0 Å². The van der Waals surface area contributed by atoms with E-state index >= 15 is 0 Å². The summed E-state index contributed by atoms with van der Waals surface area (Å²) in [5.41, 5.74) is 2.01. The summed E-state index contributed by atoms with van der Waals surface area (Å²) in [4.78, 5) is 0. The van der Waals surface area contributed by atoms with E-state index in [0.717, 1.165) is 34.3 Å². The molecule has 7 heteroatoms. The molecule has 0 atom stereocenters. The molecule has 0 unspecified atom stereocenters. The van der Waals surface area contributed by atoms with Crippen molar-refractivity contribution < 1.29 is 13.2 Å². The quantitative estimate of drug-likeness (QED) is 0.678. The molecule has 1 aliphatic rings. The standard InChI is InChI=1S/C14H21BrN2O3S/c1-2-16-5-3-7-21(18,19)17-10-12-9-13(15)8-11-4-6-20-14(11)12/h8-9,16-17H,2-7,10H2,1H3. The van der Waals surface area contributed by atoms with E-state index in [0.29, 0.717) is 19.6 Å². The second-order valence-electron chi connectivity index (χ2n) is 5.00. The van der Waals surface area contributed by atoms with Crippen LogP contribution >= 0.6 is 15.9 Å². The molecule has 1 aromatic carbocycles. The summed E-state index contributed by atoms with van der Waals surface area (Å²) in [6.07, 6.45) is 1.48. The molecular formula is C14H21BrN2O3S. The second kappa shape index (κ2) is 7.58. The van der Waals surface area contributed by atoms with Crippen molar-refractivity contribution in [2.45, 2.75) is 26.3 Å². The normalized spacial score (nSPS) is 14.0. The van der Waals surface area contributed by atoms with Crippen molar-refractivity contribution in [3.8, 4) is 5.75 Å². The third-order valence-corrected chi connectivity index (χ3v) is 5.19. The molecule has 1 aliphatic heterocycles. The summed E-state index contributed by atoms with van der Waals surface area (Å²) in [7, 11) is -3.25. The minimum absolute atomic E-state index is 0.136. The molecule has 1 heterocycles. The first-order valence-corrected chi connectivity index (χ1v) is 9.58. The Labute approximate surface area is 134 Å². The van der Waals surface area contributed by atoms with Crippen LogP contribution in [0.3, 0.4) is 0 Å². The lowest BCUT2D eigenvalue weighted by Crippen LogP contribution is -2.28. The largest absolute Gasteiger partial charge is 0.493 e. The van der Waals surface area contributed by atoms with Gasteiger partial charge in [-0.2, -0.15) is 0 Å².